The molecule has 134 valence electrons. The van der Waals surface area contributed by atoms with Crippen molar-refractivity contribution in [3.63, 3.8) is 0 Å². The Morgan fingerprint density at radius 3 is 2.48 bits per heavy atom. The number of rotatable bonds is 3. The van der Waals surface area contributed by atoms with Gasteiger partial charge in [-0.3, -0.25) is 9.59 Å². The van der Waals surface area contributed by atoms with Crippen LogP contribution in [0.4, 0.5) is 5.69 Å². The molecule has 0 spiro atoms. The Kier molecular flexibility index (Phi) is 3.84. The molecule has 3 aliphatic heterocycles. The van der Waals surface area contributed by atoms with Crippen LogP contribution in [0.15, 0.2) is 17.0 Å². The number of anilines is 1. The molecule has 0 radical (unpaired) electrons. The number of carbonyl (C=O) groups is 2. The van der Waals surface area contributed by atoms with Gasteiger partial charge in [-0.05, 0) is 48.9 Å². The van der Waals surface area contributed by atoms with Crippen LogP contribution in [0, 0.1) is 5.92 Å². The molecule has 1 aromatic rings. The lowest BCUT2D eigenvalue weighted by Gasteiger charge is -2.30. The van der Waals surface area contributed by atoms with E-state index in [0.717, 1.165) is 29.7 Å². The van der Waals surface area contributed by atoms with E-state index in [1.807, 2.05) is 0 Å². The second-order valence-electron chi connectivity index (χ2n) is 6.93. The van der Waals surface area contributed by atoms with Crippen molar-refractivity contribution in [3.8, 4) is 0 Å². The summed E-state index contributed by atoms with van der Waals surface area (Å²) in [4.78, 5) is 25.2. The molecule has 25 heavy (non-hydrogen) atoms. The third kappa shape index (κ3) is 2.64. The molecule has 3 heterocycles. The van der Waals surface area contributed by atoms with Crippen LogP contribution in [0.3, 0.4) is 0 Å². The van der Waals surface area contributed by atoms with Gasteiger partial charge in [0.1, 0.15) is 0 Å². The van der Waals surface area contributed by atoms with Gasteiger partial charge in [-0.1, -0.05) is 0 Å². The first-order valence-electron chi connectivity index (χ1n) is 8.57. The van der Waals surface area contributed by atoms with E-state index in [9.17, 15) is 18.0 Å². The lowest BCUT2D eigenvalue weighted by molar-refractivity contribution is -0.142. The highest BCUT2D eigenvalue weighted by atomic mass is 32.2. The van der Waals surface area contributed by atoms with Crippen molar-refractivity contribution in [2.75, 3.05) is 24.5 Å². The van der Waals surface area contributed by atoms with E-state index in [1.165, 1.54) is 4.31 Å². The van der Waals surface area contributed by atoms with Crippen LogP contribution in [0.25, 0.3) is 0 Å². The zero-order chi connectivity index (χ0) is 17.8. The Bertz CT molecular complexity index is 856. The third-order valence-corrected chi connectivity index (χ3v) is 7.30. The highest BCUT2D eigenvalue weighted by Gasteiger charge is 2.36. The average molecular weight is 364 g/mol. The minimum absolute atomic E-state index is 0.0350. The molecule has 0 saturated carbocycles. The minimum atomic E-state index is -3.67. The fraction of sp³-hybridized carbons (Fsp3) is 0.529. The quantitative estimate of drug-likeness (QED) is 0.864. The Morgan fingerprint density at radius 1 is 1.12 bits per heavy atom. The van der Waals surface area contributed by atoms with E-state index >= 15 is 0 Å². The normalized spacial score (nSPS) is 21.4. The van der Waals surface area contributed by atoms with Crippen molar-refractivity contribution in [2.45, 2.75) is 37.0 Å². The summed E-state index contributed by atoms with van der Waals surface area (Å²) in [6.45, 7) is 1.14. The maximum atomic E-state index is 13.0. The van der Waals surface area contributed by atoms with Crippen molar-refractivity contribution in [2.24, 2.45) is 5.92 Å². The zero-order valence-corrected chi connectivity index (χ0v) is 14.6. The molecule has 1 N–H and O–H groups in total. The highest BCUT2D eigenvalue weighted by molar-refractivity contribution is 7.89. The SMILES string of the molecule is O=C(O)C1CCN(S(=O)(=O)c2cc3c4c(c2)CC(=O)N4CCC3)CC1. The van der Waals surface area contributed by atoms with Crippen molar-refractivity contribution >= 4 is 27.6 Å². The topological polar surface area (TPSA) is 95.0 Å². The van der Waals surface area contributed by atoms with Crippen LogP contribution in [0.5, 0.6) is 0 Å². The van der Waals surface area contributed by atoms with E-state index in [1.54, 1.807) is 17.0 Å². The van der Waals surface area contributed by atoms with Crippen LogP contribution in [-0.2, 0) is 32.5 Å². The summed E-state index contributed by atoms with van der Waals surface area (Å²) in [6, 6.07) is 3.32. The first kappa shape index (κ1) is 16.5. The standard InChI is InChI=1S/C17H20N2O5S/c20-15-10-13-9-14(8-12-2-1-5-19(15)16(12)13)25(23,24)18-6-3-11(4-7-18)17(21)22/h8-9,11H,1-7,10H2,(H,21,22). The van der Waals surface area contributed by atoms with Crippen LogP contribution in [0.1, 0.15) is 30.4 Å². The summed E-state index contributed by atoms with van der Waals surface area (Å²) >= 11 is 0. The fourth-order valence-electron chi connectivity index (χ4n) is 4.09. The lowest BCUT2D eigenvalue weighted by Crippen LogP contribution is -2.40. The fourth-order valence-corrected chi connectivity index (χ4v) is 5.66. The van der Waals surface area contributed by atoms with Crippen molar-refractivity contribution in [3.05, 3.63) is 23.3 Å². The van der Waals surface area contributed by atoms with Crippen molar-refractivity contribution in [1.29, 1.82) is 0 Å². The molecule has 0 aromatic heterocycles. The third-order valence-electron chi connectivity index (χ3n) is 5.42. The summed E-state index contributed by atoms with van der Waals surface area (Å²) in [5.74, 6) is -1.30. The maximum Gasteiger partial charge on any atom is 0.306 e. The maximum absolute atomic E-state index is 13.0. The van der Waals surface area contributed by atoms with E-state index in [4.69, 9.17) is 5.11 Å². The van der Waals surface area contributed by atoms with Gasteiger partial charge < -0.3 is 10.0 Å². The van der Waals surface area contributed by atoms with E-state index < -0.39 is 21.9 Å². The minimum Gasteiger partial charge on any atom is -0.481 e. The van der Waals surface area contributed by atoms with Gasteiger partial charge in [0.25, 0.3) is 0 Å². The molecule has 1 saturated heterocycles. The van der Waals surface area contributed by atoms with Crippen LogP contribution >= 0.6 is 0 Å². The predicted octanol–water partition coefficient (Wildman–Crippen LogP) is 1.01. The highest BCUT2D eigenvalue weighted by Crippen LogP contribution is 2.39. The molecule has 0 bridgehead atoms. The molecule has 0 atom stereocenters. The van der Waals surface area contributed by atoms with Gasteiger partial charge in [0.15, 0.2) is 0 Å². The number of hydrogen-bond acceptors (Lipinski definition) is 4. The number of benzene rings is 1. The average Bonchev–Trinajstić information content (AvgIpc) is 2.92. The molecule has 7 nitrogen and oxygen atoms in total. The molecule has 1 amide bonds. The number of piperidine rings is 1. The van der Waals surface area contributed by atoms with Crippen LogP contribution < -0.4 is 4.90 Å². The molecule has 8 heteroatoms. The molecular formula is C17H20N2O5S. The summed E-state index contributed by atoms with van der Waals surface area (Å²) in [5, 5.41) is 9.07. The van der Waals surface area contributed by atoms with Crippen LogP contribution in [0.2, 0.25) is 0 Å². The van der Waals surface area contributed by atoms with Gasteiger partial charge in [-0.25, -0.2) is 8.42 Å². The van der Waals surface area contributed by atoms with Gasteiger partial charge >= 0.3 is 5.97 Å². The monoisotopic (exact) mass is 364 g/mol. The molecule has 1 aromatic carbocycles. The molecule has 3 aliphatic rings. The predicted molar refractivity (Wildman–Crippen MR) is 89.9 cm³/mol. The Labute approximate surface area is 146 Å². The first-order chi connectivity index (χ1) is 11.9. The molecule has 4 rings (SSSR count). The zero-order valence-electron chi connectivity index (χ0n) is 13.8. The number of aryl methyl sites for hydroxylation is 1. The number of aliphatic carboxylic acids is 1. The summed E-state index contributed by atoms with van der Waals surface area (Å²) in [7, 11) is -3.67. The van der Waals surface area contributed by atoms with Crippen LogP contribution in [-0.4, -0.2) is 49.3 Å². The molecular weight excluding hydrogens is 344 g/mol. The second kappa shape index (κ2) is 5.81. The van der Waals surface area contributed by atoms with Gasteiger partial charge in [0, 0.05) is 19.6 Å². The van der Waals surface area contributed by atoms with Gasteiger partial charge in [-0.15, -0.1) is 0 Å². The molecule has 0 aliphatic carbocycles. The Hall–Kier alpha value is -1.93. The van der Waals surface area contributed by atoms with Gasteiger partial charge in [0.05, 0.1) is 22.9 Å². The second-order valence-corrected chi connectivity index (χ2v) is 8.87. The smallest absolute Gasteiger partial charge is 0.306 e. The largest absolute Gasteiger partial charge is 0.481 e. The number of sulfonamides is 1. The molecule has 0 unspecified atom stereocenters. The number of hydrogen-bond donors (Lipinski definition) is 1. The Balaban J connectivity index is 1.65. The summed E-state index contributed by atoms with van der Waals surface area (Å²) < 4.78 is 27.4. The number of carboxylic acids is 1. The Morgan fingerprint density at radius 2 is 1.80 bits per heavy atom. The summed E-state index contributed by atoms with van der Waals surface area (Å²) in [6.07, 6.45) is 2.53. The number of nitrogens with zero attached hydrogens (tertiary/aromatic N) is 2. The first-order valence-corrected chi connectivity index (χ1v) is 10.0. The van der Waals surface area contributed by atoms with Crippen molar-refractivity contribution in [1.82, 2.24) is 4.31 Å². The number of carbonyl (C=O) groups excluding carboxylic acids is 1. The van der Waals surface area contributed by atoms with Gasteiger partial charge in [0.2, 0.25) is 15.9 Å². The summed E-state index contributed by atoms with van der Waals surface area (Å²) in [5.41, 5.74) is 2.62. The van der Waals surface area contributed by atoms with E-state index in [0.29, 0.717) is 19.4 Å². The number of carboxylic acid groups (broad SMARTS) is 1. The van der Waals surface area contributed by atoms with E-state index in [2.05, 4.69) is 0 Å². The van der Waals surface area contributed by atoms with E-state index in [-0.39, 0.29) is 30.3 Å². The lowest BCUT2D eigenvalue weighted by atomic mass is 9.99. The van der Waals surface area contributed by atoms with Gasteiger partial charge in [-0.2, -0.15) is 4.31 Å². The van der Waals surface area contributed by atoms with Crippen molar-refractivity contribution < 1.29 is 23.1 Å². The molecule has 1 fully saturated rings. The number of amides is 1.